The Morgan fingerprint density at radius 3 is 2.38 bits per heavy atom. The molecule has 0 saturated carbocycles. The summed E-state index contributed by atoms with van der Waals surface area (Å²) in [6, 6.07) is 3.45. The van der Waals surface area contributed by atoms with Crippen LogP contribution in [0.1, 0.15) is 26.7 Å². The van der Waals surface area contributed by atoms with Crippen molar-refractivity contribution in [2.45, 2.75) is 26.7 Å². The molecule has 1 aliphatic rings. The van der Waals surface area contributed by atoms with Gasteiger partial charge in [-0.25, -0.2) is 4.98 Å². The molecule has 0 unspecified atom stereocenters. The molecule has 0 bridgehead atoms. The highest BCUT2D eigenvalue weighted by Crippen LogP contribution is 2.34. The molecule has 2 rings (SSSR count). The molecule has 1 aromatic rings. The Balaban J connectivity index is 2.16. The highest BCUT2D eigenvalue weighted by atomic mass is 79.9. The standard InChI is InChI=1S/C15H17BrN2O3/c1-8-5-11(12(15(20)21)6-9(8)2)14(19)18-13-4-3-10(16)7-17-13/h3-4,7,11-12H,5-6H2,1-2H3,(H,20,21)(H,17,18,19)/t11-,12-/m1/s1. The van der Waals surface area contributed by atoms with Gasteiger partial charge in [0.05, 0.1) is 11.8 Å². The molecule has 0 spiro atoms. The normalized spacial score (nSPS) is 22.0. The highest BCUT2D eigenvalue weighted by molar-refractivity contribution is 9.10. The molecule has 1 aromatic heterocycles. The van der Waals surface area contributed by atoms with Crippen LogP contribution in [-0.2, 0) is 9.59 Å². The van der Waals surface area contributed by atoms with E-state index in [1.54, 1.807) is 18.3 Å². The van der Waals surface area contributed by atoms with Crippen LogP contribution in [0.5, 0.6) is 0 Å². The van der Waals surface area contributed by atoms with Gasteiger partial charge in [0.15, 0.2) is 0 Å². The van der Waals surface area contributed by atoms with Crippen molar-refractivity contribution in [3.05, 3.63) is 33.9 Å². The van der Waals surface area contributed by atoms with Gasteiger partial charge in [0.1, 0.15) is 5.82 Å². The third-order valence-corrected chi connectivity index (χ3v) is 4.37. The number of carbonyl (C=O) groups is 2. The lowest BCUT2D eigenvalue weighted by Crippen LogP contribution is -2.36. The van der Waals surface area contributed by atoms with Crippen molar-refractivity contribution in [2.24, 2.45) is 11.8 Å². The number of aromatic nitrogens is 1. The van der Waals surface area contributed by atoms with E-state index in [0.29, 0.717) is 18.7 Å². The molecule has 21 heavy (non-hydrogen) atoms. The Morgan fingerprint density at radius 2 is 1.86 bits per heavy atom. The lowest BCUT2D eigenvalue weighted by molar-refractivity contribution is -0.146. The van der Waals surface area contributed by atoms with Gasteiger partial charge in [-0.05, 0) is 54.8 Å². The number of allylic oxidation sites excluding steroid dienone is 2. The summed E-state index contributed by atoms with van der Waals surface area (Å²) in [5.74, 6) is -2.02. The van der Waals surface area contributed by atoms with E-state index in [-0.39, 0.29) is 5.91 Å². The highest BCUT2D eigenvalue weighted by Gasteiger charge is 2.37. The molecule has 0 saturated heterocycles. The van der Waals surface area contributed by atoms with Gasteiger partial charge in [-0.1, -0.05) is 11.1 Å². The van der Waals surface area contributed by atoms with Gasteiger partial charge in [-0.3, -0.25) is 9.59 Å². The summed E-state index contributed by atoms with van der Waals surface area (Å²) in [7, 11) is 0. The van der Waals surface area contributed by atoms with E-state index in [1.807, 2.05) is 13.8 Å². The first-order chi connectivity index (χ1) is 9.88. The summed E-state index contributed by atoms with van der Waals surface area (Å²) < 4.78 is 0.816. The van der Waals surface area contributed by atoms with Crippen LogP contribution in [0, 0.1) is 11.8 Å². The van der Waals surface area contributed by atoms with Crippen LogP contribution in [0.3, 0.4) is 0 Å². The topological polar surface area (TPSA) is 79.3 Å². The number of hydrogen-bond donors (Lipinski definition) is 2. The summed E-state index contributed by atoms with van der Waals surface area (Å²) in [6.45, 7) is 3.88. The Bertz CT molecular complexity index is 595. The average Bonchev–Trinajstić information content (AvgIpc) is 2.43. The molecule has 1 heterocycles. The molecule has 5 nitrogen and oxygen atoms in total. The lowest BCUT2D eigenvalue weighted by Gasteiger charge is -2.29. The van der Waals surface area contributed by atoms with E-state index in [0.717, 1.165) is 15.6 Å². The van der Waals surface area contributed by atoms with Crippen molar-refractivity contribution in [1.29, 1.82) is 0 Å². The minimum Gasteiger partial charge on any atom is -0.481 e. The molecule has 6 heteroatoms. The molecule has 2 N–H and O–H groups in total. The van der Waals surface area contributed by atoms with Crippen molar-refractivity contribution in [2.75, 3.05) is 5.32 Å². The third-order valence-electron chi connectivity index (χ3n) is 3.90. The summed E-state index contributed by atoms with van der Waals surface area (Å²) in [5.41, 5.74) is 2.16. The Kier molecular flexibility index (Phi) is 4.77. The molecule has 112 valence electrons. The SMILES string of the molecule is CC1=C(C)C[C@@H](C(=O)Nc2ccc(Br)cn2)[C@H](C(=O)O)C1. The van der Waals surface area contributed by atoms with E-state index in [9.17, 15) is 14.7 Å². The predicted octanol–water partition coefficient (Wildman–Crippen LogP) is 3.23. The van der Waals surface area contributed by atoms with Crippen LogP contribution in [0.4, 0.5) is 5.82 Å². The first-order valence-electron chi connectivity index (χ1n) is 6.69. The largest absolute Gasteiger partial charge is 0.481 e. The maximum absolute atomic E-state index is 12.4. The van der Waals surface area contributed by atoms with Crippen molar-refractivity contribution < 1.29 is 14.7 Å². The summed E-state index contributed by atoms with van der Waals surface area (Å²) in [4.78, 5) is 27.8. The fraction of sp³-hybridized carbons (Fsp3) is 0.400. The van der Waals surface area contributed by atoms with Gasteiger partial charge < -0.3 is 10.4 Å². The fourth-order valence-corrected chi connectivity index (χ4v) is 2.73. The molecule has 0 fully saturated rings. The number of halogens is 1. The summed E-state index contributed by atoms with van der Waals surface area (Å²) in [5, 5.41) is 12.0. The van der Waals surface area contributed by atoms with Crippen molar-refractivity contribution in [3.8, 4) is 0 Å². The number of carboxylic acid groups (broad SMARTS) is 1. The number of pyridine rings is 1. The van der Waals surface area contributed by atoms with Gasteiger partial charge in [-0.2, -0.15) is 0 Å². The number of carbonyl (C=O) groups excluding carboxylic acids is 1. The Hall–Kier alpha value is -1.69. The molecule has 0 aliphatic heterocycles. The number of rotatable bonds is 3. The molecule has 0 radical (unpaired) electrons. The van der Waals surface area contributed by atoms with Gasteiger partial charge in [0.2, 0.25) is 5.91 Å². The number of aliphatic carboxylic acids is 1. The fourth-order valence-electron chi connectivity index (χ4n) is 2.50. The van der Waals surface area contributed by atoms with Gasteiger partial charge >= 0.3 is 5.97 Å². The molecule has 2 atom stereocenters. The van der Waals surface area contributed by atoms with Crippen molar-refractivity contribution >= 4 is 33.6 Å². The Morgan fingerprint density at radius 1 is 1.24 bits per heavy atom. The number of hydrogen-bond acceptors (Lipinski definition) is 3. The van der Waals surface area contributed by atoms with Gasteiger partial charge in [-0.15, -0.1) is 0 Å². The van der Waals surface area contributed by atoms with Gasteiger partial charge in [0, 0.05) is 10.7 Å². The van der Waals surface area contributed by atoms with E-state index in [1.165, 1.54) is 0 Å². The molecular formula is C15H17BrN2O3. The van der Waals surface area contributed by atoms with Crippen LogP contribution in [0.25, 0.3) is 0 Å². The quantitative estimate of drug-likeness (QED) is 0.818. The molecule has 1 amide bonds. The Labute approximate surface area is 131 Å². The zero-order chi connectivity index (χ0) is 15.6. The molecule has 1 aliphatic carbocycles. The van der Waals surface area contributed by atoms with Crippen LogP contribution >= 0.6 is 15.9 Å². The molecular weight excluding hydrogens is 336 g/mol. The van der Waals surface area contributed by atoms with Crippen LogP contribution in [0.15, 0.2) is 33.9 Å². The second kappa shape index (κ2) is 6.39. The van der Waals surface area contributed by atoms with Crippen LogP contribution < -0.4 is 5.32 Å². The number of nitrogens with zero attached hydrogens (tertiary/aromatic N) is 1. The lowest BCUT2D eigenvalue weighted by atomic mass is 9.76. The average molecular weight is 353 g/mol. The van der Waals surface area contributed by atoms with Crippen LogP contribution in [0.2, 0.25) is 0 Å². The summed E-state index contributed by atoms with van der Waals surface area (Å²) in [6.07, 6.45) is 2.48. The second-order valence-corrected chi connectivity index (χ2v) is 6.29. The van der Waals surface area contributed by atoms with Crippen LogP contribution in [-0.4, -0.2) is 22.0 Å². The first kappa shape index (κ1) is 15.7. The smallest absolute Gasteiger partial charge is 0.307 e. The van der Waals surface area contributed by atoms with Crippen molar-refractivity contribution in [1.82, 2.24) is 4.98 Å². The van der Waals surface area contributed by atoms with E-state index in [2.05, 4.69) is 26.2 Å². The minimum absolute atomic E-state index is 0.288. The summed E-state index contributed by atoms with van der Waals surface area (Å²) >= 11 is 3.27. The molecule has 0 aromatic carbocycles. The maximum atomic E-state index is 12.4. The van der Waals surface area contributed by atoms with E-state index < -0.39 is 17.8 Å². The number of anilines is 1. The van der Waals surface area contributed by atoms with Gasteiger partial charge in [0.25, 0.3) is 0 Å². The third kappa shape index (κ3) is 3.69. The second-order valence-electron chi connectivity index (χ2n) is 5.37. The van der Waals surface area contributed by atoms with E-state index in [4.69, 9.17) is 0 Å². The monoisotopic (exact) mass is 352 g/mol. The zero-order valence-electron chi connectivity index (χ0n) is 11.9. The van der Waals surface area contributed by atoms with E-state index >= 15 is 0 Å². The number of amides is 1. The maximum Gasteiger partial charge on any atom is 0.307 e. The predicted molar refractivity (Wildman–Crippen MR) is 82.8 cm³/mol. The number of carboxylic acids is 1. The minimum atomic E-state index is -0.925. The van der Waals surface area contributed by atoms with Crippen molar-refractivity contribution in [3.63, 3.8) is 0 Å². The first-order valence-corrected chi connectivity index (χ1v) is 7.48. The zero-order valence-corrected chi connectivity index (χ0v) is 13.5. The number of nitrogens with one attached hydrogen (secondary N) is 1.